The van der Waals surface area contributed by atoms with Crippen LogP contribution in [0.25, 0.3) is 44.2 Å². The van der Waals surface area contributed by atoms with E-state index in [0.717, 1.165) is 39.7 Å². The lowest BCUT2D eigenvalue weighted by molar-refractivity contribution is 0.436. The van der Waals surface area contributed by atoms with Gasteiger partial charge < -0.3 is 9.64 Å². The molecule has 2 aliphatic carbocycles. The summed E-state index contributed by atoms with van der Waals surface area (Å²) in [6, 6.07) is 92.4. The minimum Gasteiger partial charge on any atom is -0.457 e. The molecule has 0 atom stereocenters. The number of rotatable bonds is 4. The highest BCUT2D eigenvalue weighted by Crippen LogP contribution is 2.66. The molecule has 0 bridgehead atoms. The van der Waals surface area contributed by atoms with Crippen molar-refractivity contribution in [2.45, 2.75) is 20.6 Å². The van der Waals surface area contributed by atoms with E-state index in [1.54, 1.807) is 0 Å². The number of para-hydroxylation sites is 2. The van der Waals surface area contributed by atoms with Gasteiger partial charge in [0.15, 0.2) is 0 Å². The van der Waals surface area contributed by atoms with Crippen molar-refractivity contribution in [2.24, 2.45) is 0 Å². The molecule has 0 radical (unpaired) electrons. The minimum absolute atomic E-state index is 0.462. The SMILES string of the molecule is c1ccc(-c2ccc3cc(N(c4ccc5c(c4)-c4ccccc4C54c5ccccc5Sc5ccccc54)c4cccc5c4-c4ccccc4C54c5ccccc5Oc5ccccc54)ccc3c2)cc1. The Hall–Kier alpha value is -8.37. The molecule has 0 saturated carbocycles. The summed E-state index contributed by atoms with van der Waals surface area (Å²) in [5.41, 5.74) is 19.8. The minimum atomic E-state index is -0.598. The fraction of sp³-hybridized carbons (Fsp3) is 0.0303. The van der Waals surface area contributed by atoms with Gasteiger partial charge in [-0.3, -0.25) is 0 Å². The number of benzene rings is 11. The second kappa shape index (κ2) is 14.6. The van der Waals surface area contributed by atoms with Crippen LogP contribution in [0.3, 0.4) is 0 Å². The first-order chi connectivity index (χ1) is 34.2. The van der Waals surface area contributed by atoms with Crippen molar-refractivity contribution >= 4 is 39.6 Å². The second-order valence-corrected chi connectivity index (χ2v) is 19.7. The van der Waals surface area contributed by atoms with E-state index in [9.17, 15) is 0 Å². The first kappa shape index (κ1) is 38.7. The van der Waals surface area contributed by atoms with E-state index >= 15 is 0 Å². The first-order valence-corrected chi connectivity index (χ1v) is 24.6. The van der Waals surface area contributed by atoms with Gasteiger partial charge in [0.1, 0.15) is 11.5 Å². The van der Waals surface area contributed by atoms with Crippen LogP contribution in [0, 0.1) is 0 Å². The second-order valence-electron chi connectivity index (χ2n) is 18.7. The normalized spacial score (nSPS) is 14.4. The lowest BCUT2D eigenvalue weighted by Crippen LogP contribution is -2.32. The molecule has 0 aromatic heterocycles. The number of fused-ring (bicyclic) bond motifs is 19. The molecule has 0 N–H and O–H groups in total. The molecule has 3 heteroatoms. The number of hydrogen-bond acceptors (Lipinski definition) is 3. The zero-order chi connectivity index (χ0) is 45.3. The van der Waals surface area contributed by atoms with E-state index in [0.29, 0.717) is 0 Å². The molecule has 0 amide bonds. The summed E-state index contributed by atoms with van der Waals surface area (Å²) < 4.78 is 6.74. The van der Waals surface area contributed by atoms with Crippen LogP contribution < -0.4 is 9.64 Å². The molecule has 4 aliphatic rings. The summed E-state index contributed by atoms with van der Waals surface area (Å²) in [7, 11) is 0. The van der Waals surface area contributed by atoms with Crippen LogP contribution in [0.4, 0.5) is 17.1 Å². The van der Waals surface area contributed by atoms with Crippen LogP contribution in [0.5, 0.6) is 11.5 Å². The topological polar surface area (TPSA) is 12.5 Å². The molecule has 0 saturated heterocycles. The van der Waals surface area contributed by atoms with Crippen LogP contribution >= 0.6 is 11.8 Å². The molecule has 322 valence electrons. The molecule has 2 heterocycles. The number of ether oxygens (including phenoxy) is 1. The summed E-state index contributed by atoms with van der Waals surface area (Å²) in [4.78, 5) is 5.14. The van der Waals surface area contributed by atoms with Crippen molar-refractivity contribution in [3.05, 3.63) is 293 Å². The predicted octanol–water partition coefficient (Wildman–Crippen LogP) is 17.3. The van der Waals surface area contributed by atoms with Gasteiger partial charge in [0, 0.05) is 37.9 Å². The Morgan fingerprint density at radius 3 is 1.55 bits per heavy atom. The Balaban J connectivity index is 1.01. The average molecular weight is 896 g/mol. The Kier molecular flexibility index (Phi) is 8.17. The number of anilines is 3. The van der Waals surface area contributed by atoms with Crippen molar-refractivity contribution in [2.75, 3.05) is 4.90 Å². The quantitative estimate of drug-likeness (QED) is 0.175. The van der Waals surface area contributed by atoms with Gasteiger partial charge in [-0.25, -0.2) is 0 Å². The zero-order valence-corrected chi connectivity index (χ0v) is 38.3. The average Bonchev–Trinajstić information content (AvgIpc) is 3.87. The van der Waals surface area contributed by atoms with Crippen molar-refractivity contribution in [1.82, 2.24) is 0 Å². The van der Waals surface area contributed by atoms with E-state index in [1.807, 2.05) is 11.8 Å². The monoisotopic (exact) mass is 895 g/mol. The van der Waals surface area contributed by atoms with Gasteiger partial charge in [-0.05, 0) is 133 Å². The molecule has 11 aromatic rings. The summed E-state index contributed by atoms with van der Waals surface area (Å²) in [6.45, 7) is 0. The maximum Gasteiger partial charge on any atom is 0.132 e. The third-order valence-corrected chi connectivity index (χ3v) is 16.5. The summed E-state index contributed by atoms with van der Waals surface area (Å²) in [5.74, 6) is 1.78. The van der Waals surface area contributed by atoms with Gasteiger partial charge in [0.2, 0.25) is 0 Å². The third-order valence-electron chi connectivity index (χ3n) is 15.4. The van der Waals surface area contributed by atoms with Crippen LogP contribution in [0.1, 0.15) is 44.5 Å². The highest BCUT2D eigenvalue weighted by molar-refractivity contribution is 7.99. The fourth-order valence-electron chi connectivity index (χ4n) is 12.7. The summed E-state index contributed by atoms with van der Waals surface area (Å²) >= 11 is 1.89. The number of nitrogens with zero attached hydrogens (tertiary/aromatic N) is 1. The highest BCUT2D eigenvalue weighted by Gasteiger charge is 2.53. The molecular formula is C66H41NOS. The molecule has 2 aliphatic heterocycles. The maximum absolute atomic E-state index is 6.74. The summed E-state index contributed by atoms with van der Waals surface area (Å²) in [6.07, 6.45) is 0. The molecule has 2 nitrogen and oxygen atoms in total. The molecule has 2 spiro atoms. The first-order valence-electron chi connectivity index (χ1n) is 23.8. The van der Waals surface area contributed by atoms with Crippen molar-refractivity contribution in [3.63, 3.8) is 0 Å². The largest absolute Gasteiger partial charge is 0.457 e. The van der Waals surface area contributed by atoms with E-state index in [4.69, 9.17) is 4.74 Å². The lowest BCUT2D eigenvalue weighted by atomic mass is 9.66. The summed E-state index contributed by atoms with van der Waals surface area (Å²) in [5, 5.41) is 2.39. The van der Waals surface area contributed by atoms with Gasteiger partial charge in [-0.15, -0.1) is 0 Å². The Morgan fingerprint density at radius 2 is 0.826 bits per heavy atom. The number of hydrogen-bond donors (Lipinski definition) is 0. The lowest BCUT2D eigenvalue weighted by Gasteiger charge is -2.40. The van der Waals surface area contributed by atoms with Crippen LogP contribution in [-0.4, -0.2) is 0 Å². The van der Waals surface area contributed by atoms with Crippen molar-refractivity contribution in [1.29, 1.82) is 0 Å². The van der Waals surface area contributed by atoms with Gasteiger partial charge in [-0.1, -0.05) is 200 Å². The Bertz CT molecular complexity index is 3850. The van der Waals surface area contributed by atoms with E-state index in [2.05, 4.69) is 254 Å². The molecule has 15 rings (SSSR count). The Labute approximate surface area is 405 Å². The van der Waals surface area contributed by atoms with Gasteiger partial charge >= 0.3 is 0 Å². The van der Waals surface area contributed by atoms with Crippen molar-refractivity contribution < 1.29 is 4.74 Å². The molecule has 0 unspecified atom stereocenters. The van der Waals surface area contributed by atoms with Crippen LogP contribution in [0.15, 0.2) is 259 Å². The molecule has 11 aromatic carbocycles. The third kappa shape index (κ3) is 5.23. The molecular weight excluding hydrogens is 855 g/mol. The molecule has 0 fully saturated rings. The van der Waals surface area contributed by atoms with Gasteiger partial charge in [0.05, 0.1) is 16.5 Å². The smallest absolute Gasteiger partial charge is 0.132 e. The van der Waals surface area contributed by atoms with E-state index in [1.165, 1.54) is 87.3 Å². The molecule has 69 heavy (non-hydrogen) atoms. The van der Waals surface area contributed by atoms with Gasteiger partial charge in [0.25, 0.3) is 0 Å². The van der Waals surface area contributed by atoms with Gasteiger partial charge in [-0.2, -0.15) is 0 Å². The van der Waals surface area contributed by atoms with E-state index in [-0.39, 0.29) is 0 Å². The Morgan fingerprint density at radius 1 is 0.319 bits per heavy atom. The van der Waals surface area contributed by atoms with Crippen LogP contribution in [0.2, 0.25) is 0 Å². The zero-order valence-electron chi connectivity index (χ0n) is 37.4. The maximum atomic E-state index is 6.74. The van der Waals surface area contributed by atoms with Crippen molar-refractivity contribution in [3.8, 4) is 44.9 Å². The highest BCUT2D eigenvalue weighted by atomic mass is 32.2. The predicted molar refractivity (Wildman–Crippen MR) is 283 cm³/mol. The fourth-order valence-corrected chi connectivity index (χ4v) is 13.9. The van der Waals surface area contributed by atoms with E-state index < -0.39 is 10.8 Å². The standard InChI is InChI=1S/C66H41NOS/c1-2-17-42(18-3-1)43-33-34-45-40-46(36-35-44(45)39-43)67(47-37-38-53-50(41-47)48-19-4-6-21-51(48)65(53)56-25-10-14-31-62(56)69-63-32-15-11-26-57(63)65)59-28-16-27-58-64(59)49-20-5-7-22-52(49)66(58)54-23-8-12-29-60(54)68-61-30-13-9-24-55(61)66/h1-41H. The van der Waals surface area contributed by atoms with Crippen LogP contribution in [-0.2, 0) is 10.8 Å².